The first-order valence-electron chi connectivity index (χ1n) is 7.14. The number of rotatable bonds is 6. The molecule has 0 saturated heterocycles. The van der Waals surface area contributed by atoms with Crippen LogP contribution in [0.4, 0.5) is 11.4 Å². The zero-order valence-corrected chi connectivity index (χ0v) is 13.7. The first kappa shape index (κ1) is 18.0. The number of para-hydroxylation sites is 2. The van der Waals surface area contributed by atoms with Crippen molar-refractivity contribution >= 4 is 28.9 Å². The van der Waals surface area contributed by atoms with Gasteiger partial charge in [-0.3, -0.25) is 14.9 Å². The smallest absolute Gasteiger partial charge is 0.292 e. The highest BCUT2D eigenvalue weighted by molar-refractivity contribution is 6.30. The third-order valence-electron chi connectivity index (χ3n) is 3.18. The Morgan fingerprint density at radius 1 is 1.24 bits per heavy atom. The quantitative estimate of drug-likeness (QED) is 0.357. The second-order valence-electron chi connectivity index (χ2n) is 4.91. The predicted molar refractivity (Wildman–Crippen MR) is 93.7 cm³/mol. The fourth-order valence-electron chi connectivity index (χ4n) is 1.95. The summed E-state index contributed by atoms with van der Waals surface area (Å²) in [7, 11) is 0. The van der Waals surface area contributed by atoms with Crippen LogP contribution in [0.25, 0.3) is 0 Å². The Bertz CT molecular complexity index is 857. The van der Waals surface area contributed by atoms with Crippen molar-refractivity contribution in [3.8, 4) is 6.07 Å². The first-order chi connectivity index (χ1) is 12.0. The molecule has 0 heterocycles. The van der Waals surface area contributed by atoms with Crippen molar-refractivity contribution < 1.29 is 9.72 Å². The van der Waals surface area contributed by atoms with E-state index in [0.717, 1.165) is 5.56 Å². The molecule has 8 heteroatoms. The van der Waals surface area contributed by atoms with Gasteiger partial charge in [-0.1, -0.05) is 35.9 Å². The van der Waals surface area contributed by atoms with E-state index in [2.05, 4.69) is 10.6 Å². The van der Waals surface area contributed by atoms with Crippen LogP contribution in [0.1, 0.15) is 5.56 Å². The number of nitro groups is 1. The fraction of sp³-hybridized carbons (Fsp3) is 0.0588. The Hall–Kier alpha value is -3.37. The molecule has 2 rings (SSSR count). The van der Waals surface area contributed by atoms with Crippen molar-refractivity contribution in [2.45, 2.75) is 6.54 Å². The predicted octanol–water partition coefficient (Wildman–Crippen LogP) is 3.38. The number of nitrogens with zero attached hydrogens (tertiary/aromatic N) is 2. The van der Waals surface area contributed by atoms with Crippen molar-refractivity contribution in [2.24, 2.45) is 0 Å². The van der Waals surface area contributed by atoms with Gasteiger partial charge in [-0.2, -0.15) is 5.26 Å². The van der Waals surface area contributed by atoms with Crippen LogP contribution < -0.4 is 10.6 Å². The number of halogens is 1. The van der Waals surface area contributed by atoms with E-state index in [1.165, 1.54) is 24.4 Å². The van der Waals surface area contributed by atoms with Crippen molar-refractivity contribution in [1.29, 1.82) is 5.26 Å². The molecule has 25 heavy (non-hydrogen) atoms. The lowest BCUT2D eigenvalue weighted by Crippen LogP contribution is -2.17. The van der Waals surface area contributed by atoms with Crippen LogP contribution in [0.15, 0.2) is 60.3 Å². The summed E-state index contributed by atoms with van der Waals surface area (Å²) in [4.78, 5) is 22.5. The normalized spacial score (nSPS) is 10.6. The minimum absolute atomic E-state index is 0.0244. The summed E-state index contributed by atoms with van der Waals surface area (Å²) < 4.78 is 0. The molecule has 0 saturated carbocycles. The molecule has 0 radical (unpaired) electrons. The average molecular weight is 357 g/mol. The van der Waals surface area contributed by atoms with E-state index >= 15 is 0 Å². The molecule has 0 unspecified atom stereocenters. The first-order valence-corrected chi connectivity index (χ1v) is 7.52. The van der Waals surface area contributed by atoms with Crippen LogP contribution in [0.5, 0.6) is 0 Å². The molecule has 0 aliphatic carbocycles. The maximum Gasteiger partial charge on any atom is 0.292 e. The van der Waals surface area contributed by atoms with Gasteiger partial charge < -0.3 is 10.6 Å². The van der Waals surface area contributed by atoms with Crippen molar-refractivity contribution in [1.82, 2.24) is 5.32 Å². The average Bonchev–Trinajstić information content (AvgIpc) is 2.60. The molecule has 2 aromatic carbocycles. The van der Waals surface area contributed by atoms with Gasteiger partial charge in [-0.15, -0.1) is 0 Å². The monoisotopic (exact) mass is 356 g/mol. The van der Waals surface area contributed by atoms with E-state index in [4.69, 9.17) is 16.9 Å². The lowest BCUT2D eigenvalue weighted by molar-refractivity contribution is -0.383. The number of benzene rings is 2. The molecule has 2 N–H and O–H groups in total. The molecule has 0 fully saturated rings. The number of carbonyl (C=O) groups is 1. The minimum atomic E-state index is -0.736. The maximum atomic E-state index is 12.1. The van der Waals surface area contributed by atoms with Crippen molar-refractivity contribution in [3.05, 3.63) is 81.0 Å². The summed E-state index contributed by atoms with van der Waals surface area (Å²) in [6, 6.07) is 14.5. The third-order valence-corrected chi connectivity index (χ3v) is 3.43. The summed E-state index contributed by atoms with van der Waals surface area (Å²) in [5.74, 6) is -0.736. The van der Waals surface area contributed by atoms with Gasteiger partial charge in [0.2, 0.25) is 0 Å². The van der Waals surface area contributed by atoms with Crippen LogP contribution in [0, 0.1) is 21.4 Å². The molecule has 2 aromatic rings. The number of carbonyl (C=O) groups excluding carboxylic acids is 1. The largest absolute Gasteiger partial charge is 0.386 e. The van der Waals surface area contributed by atoms with Gasteiger partial charge in [0, 0.05) is 23.8 Å². The van der Waals surface area contributed by atoms with Crippen LogP contribution in [-0.2, 0) is 11.3 Å². The number of hydrogen-bond acceptors (Lipinski definition) is 5. The number of anilines is 1. The summed E-state index contributed by atoms with van der Waals surface area (Å²) in [5.41, 5.74) is 0.489. The second-order valence-corrected chi connectivity index (χ2v) is 5.34. The standard InChI is InChI=1S/C17H13ClN4O3/c18-14-7-5-12(6-8-14)10-20-11-13(9-19)17(23)21-15-3-1-2-4-16(15)22(24)25/h1-8,11,20H,10H2,(H,21,23)/b13-11-. The number of nitrogens with one attached hydrogen (secondary N) is 2. The highest BCUT2D eigenvalue weighted by Crippen LogP contribution is 2.23. The number of amides is 1. The number of hydrogen-bond donors (Lipinski definition) is 2. The van der Waals surface area contributed by atoms with Crippen LogP contribution >= 0.6 is 11.6 Å². The molecule has 7 nitrogen and oxygen atoms in total. The molecule has 0 aliphatic heterocycles. The Morgan fingerprint density at radius 2 is 1.92 bits per heavy atom. The highest BCUT2D eigenvalue weighted by atomic mass is 35.5. The molecule has 126 valence electrons. The molecular weight excluding hydrogens is 344 g/mol. The minimum Gasteiger partial charge on any atom is -0.386 e. The van der Waals surface area contributed by atoms with Gasteiger partial charge >= 0.3 is 0 Å². The molecular formula is C17H13ClN4O3. The second kappa shape index (κ2) is 8.47. The van der Waals surface area contributed by atoms with E-state index < -0.39 is 10.8 Å². The van der Waals surface area contributed by atoms with E-state index in [-0.39, 0.29) is 16.9 Å². The lowest BCUT2D eigenvalue weighted by Gasteiger charge is -2.06. The van der Waals surface area contributed by atoms with Gasteiger partial charge in [-0.25, -0.2) is 0 Å². The molecule has 1 amide bonds. The summed E-state index contributed by atoms with van der Waals surface area (Å²) in [5, 5.41) is 25.9. The van der Waals surface area contributed by atoms with Crippen LogP contribution in [0.3, 0.4) is 0 Å². The summed E-state index contributed by atoms with van der Waals surface area (Å²) in [6.45, 7) is 0.390. The van der Waals surface area contributed by atoms with E-state index in [0.29, 0.717) is 11.6 Å². The lowest BCUT2D eigenvalue weighted by atomic mass is 10.2. The Morgan fingerprint density at radius 3 is 2.56 bits per heavy atom. The molecule has 0 atom stereocenters. The van der Waals surface area contributed by atoms with Crippen LogP contribution in [-0.4, -0.2) is 10.8 Å². The van der Waals surface area contributed by atoms with Crippen LogP contribution in [0.2, 0.25) is 5.02 Å². The maximum absolute atomic E-state index is 12.1. The zero-order chi connectivity index (χ0) is 18.2. The van der Waals surface area contributed by atoms with Gasteiger partial charge in [-0.05, 0) is 23.8 Å². The number of nitro benzene ring substituents is 1. The Kier molecular flexibility index (Phi) is 6.09. The van der Waals surface area contributed by atoms with Gasteiger partial charge in [0.1, 0.15) is 17.3 Å². The third kappa shape index (κ3) is 5.06. The van der Waals surface area contributed by atoms with Gasteiger partial charge in [0.15, 0.2) is 0 Å². The zero-order valence-electron chi connectivity index (χ0n) is 12.9. The summed E-state index contributed by atoms with van der Waals surface area (Å²) >= 11 is 5.80. The molecule has 0 aromatic heterocycles. The Labute approximate surface area is 148 Å². The molecule has 0 spiro atoms. The SMILES string of the molecule is N#C/C(=C/NCc1ccc(Cl)cc1)C(=O)Nc1ccccc1[N+](=O)[O-]. The fourth-order valence-corrected chi connectivity index (χ4v) is 2.08. The van der Waals surface area contributed by atoms with E-state index in [9.17, 15) is 14.9 Å². The van der Waals surface area contributed by atoms with E-state index in [1.807, 2.05) is 12.1 Å². The summed E-state index contributed by atoms with van der Waals surface area (Å²) in [6.07, 6.45) is 1.26. The van der Waals surface area contributed by atoms with Gasteiger partial charge in [0.05, 0.1) is 4.92 Å². The van der Waals surface area contributed by atoms with E-state index in [1.54, 1.807) is 24.3 Å². The molecule has 0 bridgehead atoms. The topological polar surface area (TPSA) is 108 Å². The van der Waals surface area contributed by atoms with Gasteiger partial charge in [0.25, 0.3) is 11.6 Å². The molecule has 0 aliphatic rings. The Balaban J connectivity index is 2.04. The van der Waals surface area contributed by atoms with Crippen molar-refractivity contribution in [3.63, 3.8) is 0 Å². The van der Waals surface area contributed by atoms with Crippen molar-refractivity contribution in [2.75, 3.05) is 5.32 Å². The number of nitriles is 1. The highest BCUT2D eigenvalue weighted by Gasteiger charge is 2.17.